The van der Waals surface area contributed by atoms with E-state index in [9.17, 15) is 4.39 Å². The minimum absolute atomic E-state index is 0.293. The molecule has 3 nitrogen and oxygen atoms in total. The predicted molar refractivity (Wildman–Crippen MR) is 84.0 cm³/mol. The first-order valence-electron chi connectivity index (χ1n) is 8.13. The van der Waals surface area contributed by atoms with Crippen molar-refractivity contribution in [3.8, 4) is 5.75 Å². The van der Waals surface area contributed by atoms with Crippen LogP contribution in [0.3, 0.4) is 0 Å². The first-order chi connectivity index (χ1) is 10.2. The number of nitrogen functional groups attached to an aromatic ring is 1. The summed E-state index contributed by atoms with van der Waals surface area (Å²) in [7, 11) is 0. The smallest absolute Gasteiger partial charge is 0.167 e. The summed E-state index contributed by atoms with van der Waals surface area (Å²) >= 11 is 0. The lowest BCUT2D eigenvalue weighted by Gasteiger charge is -2.23. The molecule has 0 aromatic heterocycles. The molecule has 1 aromatic carbocycles. The van der Waals surface area contributed by atoms with E-state index in [4.69, 9.17) is 10.5 Å². The second-order valence-corrected chi connectivity index (χ2v) is 6.53. The van der Waals surface area contributed by atoms with E-state index in [1.54, 1.807) is 6.07 Å². The highest BCUT2D eigenvalue weighted by atomic mass is 19.1. The fraction of sp³-hybridized carbons (Fsp3) is 0.647. The first kappa shape index (κ1) is 14.5. The van der Waals surface area contributed by atoms with Crippen molar-refractivity contribution in [2.45, 2.75) is 39.0 Å². The van der Waals surface area contributed by atoms with Crippen LogP contribution < -0.4 is 15.8 Å². The summed E-state index contributed by atoms with van der Waals surface area (Å²) < 4.78 is 19.2. The Morgan fingerprint density at radius 2 is 2.19 bits per heavy atom. The largest absolute Gasteiger partial charge is 0.490 e. The minimum Gasteiger partial charge on any atom is -0.490 e. The van der Waals surface area contributed by atoms with Crippen LogP contribution in [0.25, 0.3) is 0 Å². The highest BCUT2D eigenvalue weighted by molar-refractivity contribution is 5.68. The van der Waals surface area contributed by atoms with Crippen LogP contribution in [0.1, 0.15) is 39.0 Å². The third-order valence-corrected chi connectivity index (χ3v) is 5.00. The monoisotopic (exact) mass is 292 g/mol. The molecule has 116 valence electrons. The minimum atomic E-state index is -0.383. The molecule has 3 N–H and O–H groups in total. The average Bonchev–Trinajstić information content (AvgIpc) is 3.08. The van der Waals surface area contributed by atoms with Gasteiger partial charge in [0.1, 0.15) is 0 Å². The van der Waals surface area contributed by atoms with Crippen LogP contribution in [0.4, 0.5) is 15.8 Å². The summed E-state index contributed by atoms with van der Waals surface area (Å²) in [4.78, 5) is 0. The van der Waals surface area contributed by atoms with E-state index >= 15 is 0 Å². The Balaban J connectivity index is 1.64. The second-order valence-electron chi connectivity index (χ2n) is 6.53. The van der Waals surface area contributed by atoms with E-state index in [1.165, 1.54) is 31.7 Å². The zero-order valence-corrected chi connectivity index (χ0v) is 12.7. The van der Waals surface area contributed by atoms with Gasteiger partial charge in [0.25, 0.3) is 0 Å². The molecule has 0 amide bonds. The number of nitrogens with two attached hydrogens (primary N) is 1. The van der Waals surface area contributed by atoms with Gasteiger partial charge in [-0.15, -0.1) is 0 Å². The highest BCUT2D eigenvalue weighted by Crippen LogP contribution is 2.48. The number of fused-ring (bicyclic) bond motifs is 2. The SMILES string of the molecule is CCCOc1cc(NCC2CC3CCC2C3)c(N)cc1F. The third kappa shape index (κ3) is 3.09. The van der Waals surface area contributed by atoms with Gasteiger partial charge in [0, 0.05) is 18.7 Å². The summed E-state index contributed by atoms with van der Waals surface area (Å²) in [5, 5.41) is 3.41. The molecule has 2 fully saturated rings. The number of halogens is 1. The molecule has 1 aromatic rings. The molecule has 2 bridgehead atoms. The van der Waals surface area contributed by atoms with Gasteiger partial charge in [-0.05, 0) is 43.4 Å². The van der Waals surface area contributed by atoms with Crippen LogP contribution in [0.2, 0.25) is 0 Å². The normalized spacial score (nSPS) is 27.0. The Kier molecular flexibility index (Phi) is 4.22. The van der Waals surface area contributed by atoms with Gasteiger partial charge in [-0.1, -0.05) is 13.3 Å². The molecule has 0 heterocycles. The van der Waals surface area contributed by atoms with Gasteiger partial charge in [-0.2, -0.15) is 0 Å². The summed E-state index contributed by atoms with van der Waals surface area (Å²) in [5.74, 6) is 2.47. The van der Waals surface area contributed by atoms with Gasteiger partial charge < -0.3 is 15.8 Å². The Morgan fingerprint density at radius 3 is 2.86 bits per heavy atom. The standard InChI is InChI=1S/C17H25FN2O/c1-2-5-21-17-9-16(15(19)8-14(17)18)20-10-13-7-11-3-4-12(13)6-11/h8-9,11-13,20H,2-7,10,19H2,1H3. The maximum Gasteiger partial charge on any atom is 0.167 e. The second kappa shape index (κ2) is 6.12. The van der Waals surface area contributed by atoms with Gasteiger partial charge in [0.2, 0.25) is 0 Å². The lowest BCUT2D eigenvalue weighted by molar-refractivity contribution is 0.301. The highest BCUT2D eigenvalue weighted by Gasteiger charge is 2.39. The van der Waals surface area contributed by atoms with E-state index < -0.39 is 0 Å². The number of hydrogen-bond donors (Lipinski definition) is 2. The van der Waals surface area contributed by atoms with Gasteiger partial charge in [0.05, 0.1) is 18.0 Å². The number of anilines is 2. The number of benzene rings is 1. The van der Waals surface area contributed by atoms with Crippen LogP contribution in [0.15, 0.2) is 12.1 Å². The van der Waals surface area contributed by atoms with Crippen molar-refractivity contribution in [2.75, 3.05) is 24.2 Å². The van der Waals surface area contributed by atoms with Crippen molar-refractivity contribution in [1.29, 1.82) is 0 Å². The van der Waals surface area contributed by atoms with Crippen molar-refractivity contribution in [3.63, 3.8) is 0 Å². The van der Waals surface area contributed by atoms with Gasteiger partial charge >= 0.3 is 0 Å². The maximum absolute atomic E-state index is 13.8. The van der Waals surface area contributed by atoms with Crippen molar-refractivity contribution >= 4 is 11.4 Å². The van der Waals surface area contributed by atoms with Crippen LogP contribution in [-0.4, -0.2) is 13.2 Å². The maximum atomic E-state index is 13.8. The quantitative estimate of drug-likeness (QED) is 0.778. The van der Waals surface area contributed by atoms with Crippen LogP contribution >= 0.6 is 0 Å². The third-order valence-electron chi connectivity index (χ3n) is 5.00. The molecule has 21 heavy (non-hydrogen) atoms. The van der Waals surface area contributed by atoms with Crippen LogP contribution in [0.5, 0.6) is 5.75 Å². The number of nitrogens with one attached hydrogen (secondary N) is 1. The van der Waals surface area contributed by atoms with E-state index in [2.05, 4.69) is 5.32 Å². The Hall–Kier alpha value is -1.45. The van der Waals surface area contributed by atoms with Crippen molar-refractivity contribution in [2.24, 2.45) is 17.8 Å². The molecule has 0 aliphatic heterocycles. The van der Waals surface area contributed by atoms with Gasteiger partial charge in [0.15, 0.2) is 11.6 Å². The summed E-state index contributed by atoms with van der Waals surface area (Å²) in [6.07, 6.45) is 6.38. The predicted octanol–water partition coefficient (Wildman–Crippen LogP) is 4.04. The Labute approximate surface area is 126 Å². The molecule has 3 unspecified atom stereocenters. The summed E-state index contributed by atoms with van der Waals surface area (Å²) in [6.45, 7) is 3.46. The van der Waals surface area contributed by atoms with Gasteiger partial charge in [-0.25, -0.2) is 4.39 Å². The molecule has 4 heteroatoms. The Morgan fingerprint density at radius 1 is 1.33 bits per heavy atom. The zero-order chi connectivity index (χ0) is 14.8. The lowest BCUT2D eigenvalue weighted by atomic mass is 9.89. The molecular weight excluding hydrogens is 267 g/mol. The molecule has 2 aliphatic rings. The van der Waals surface area contributed by atoms with Crippen LogP contribution in [0, 0.1) is 23.6 Å². The molecule has 0 spiro atoms. The number of ether oxygens (including phenoxy) is 1. The summed E-state index contributed by atoms with van der Waals surface area (Å²) in [6, 6.07) is 3.06. The van der Waals surface area contributed by atoms with E-state index in [1.807, 2.05) is 6.92 Å². The molecule has 0 saturated heterocycles. The van der Waals surface area contributed by atoms with Crippen molar-refractivity contribution in [3.05, 3.63) is 17.9 Å². The average molecular weight is 292 g/mol. The molecule has 2 aliphatic carbocycles. The van der Waals surface area contributed by atoms with Crippen molar-refractivity contribution in [1.82, 2.24) is 0 Å². The van der Waals surface area contributed by atoms with E-state index in [0.717, 1.165) is 36.4 Å². The van der Waals surface area contributed by atoms with Crippen LogP contribution in [-0.2, 0) is 0 Å². The van der Waals surface area contributed by atoms with Gasteiger partial charge in [-0.3, -0.25) is 0 Å². The summed E-state index contributed by atoms with van der Waals surface area (Å²) in [5.41, 5.74) is 7.18. The molecule has 0 radical (unpaired) electrons. The van der Waals surface area contributed by atoms with E-state index in [-0.39, 0.29) is 5.82 Å². The van der Waals surface area contributed by atoms with Crippen molar-refractivity contribution < 1.29 is 9.13 Å². The zero-order valence-electron chi connectivity index (χ0n) is 12.7. The van der Waals surface area contributed by atoms with E-state index in [0.29, 0.717) is 18.0 Å². The lowest BCUT2D eigenvalue weighted by Crippen LogP contribution is -2.20. The molecule has 3 rings (SSSR count). The Bertz CT molecular complexity index is 506. The molecule has 3 atom stereocenters. The number of hydrogen-bond acceptors (Lipinski definition) is 3. The molecular formula is C17H25FN2O. The fourth-order valence-corrected chi connectivity index (χ4v) is 3.91. The first-order valence-corrected chi connectivity index (χ1v) is 8.13. The molecule has 2 saturated carbocycles. The number of rotatable bonds is 6. The fourth-order valence-electron chi connectivity index (χ4n) is 3.91. The topological polar surface area (TPSA) is 47.3 Å².